The summed E-state index contributed by atoms with van der Waals surface area (Å²) >= 11 is 0. The Kier molecular flexibility index (Phi) is 8.35. The van der Waals surface area contributed by atoms with E-state index in [-0.39, 0.29) is 23.1 Å². The van der Waals surface area contributed by atoms with Gasteiger partial charge < -0.3 is 14.5 Å². The molecule has 1 unspecified atom stereocenters. The lowest BCUT2D eigenvalue weighted by atomic mass is 9.90. The number of ketones is 1. The lowest BCUT2D eigenvalue weighted by molar-refractivity contribution is -0.122. The summed E-state index contributed by atoms with van der Waals surface area (Å²) in [7, 11) is 4.75. The van der Waals surface area contributed by atoms with E-state index >= 15 is 0 Å². The molecule has 1 heterocycles. The summed E-state index contributed by atoms with van der Waals surface area (Å²) < 4.78 is 20.2. The maximum atomic E-state index is 14.8. The van der Waals surface area contributed by atoms with Crippen LogP contribution in [-0.4, -0.2) is 45.7 Å². The van der Waals surface area contributed by atoms with E-state index in [9.17, 15) is 14.0 Å². The quantitative estimate of drug-likeness (QED) is 0.224. The number of Topliss-reactive ketones (excluding diaryl/α,β-unsaturated/α-hetero) is 1. The van der Waals surface area contributed by atoms with E-state index in [0.29, 0.717) is 25.1 Å². The molecule has 1 aliphatic heterocycles. The van der Waals surface area contributed by atoms with E-state index in [1.165, 1.54) is 29.2 Å². The summed E-state index contributed by atoms with van der Waals surface area (Å²) in [6, 6.07) is 14.5. The van der Waals surface area contributed by atoms with Crippen molar-refractivity contribution >= 4 is 29.3 Å². The number of allylic oxidation sites excluding steroid dienone is 3. The Balaban J connectivity index is 1.81. The molecule has 0 aromatic heterocycles. The van der Waals surface area contributed by atoms with Gasteiger partial charge in [0.2, 0.25) is 11.7 Å². The number of hydrogen-bond donors (Lipinski definition) is 0. The first kappa shape index (κ1) is 24.9. The number of amides is 1. The maximum Gasteiger partial charge on any atom is 0.228 e. The molecule has 1 fully saturated rings. The minimum absolute atomic E-state index is 0.0193. The molecule has 7 heteroatoms. The van der Waals surface area contributed by atoms with Gasteiger partial charge in [-0.05, 0) is 36.3 Å². The molecule has 1 saturated heterocycles. The Bertz CT molecular complexity index is 1130. The summed E-state index contributed by atoms with van der Waals surface area (Å²) in [6.45, 7) is 2.42. The predicted molar refractivity (Wildman–Crippen MR) is 134 cm³/mol. The molecule has 2 aromatic rings. The monoisotopic (exact) mass is 463 g/mol. The largest absolute Gasteiger partial charge is 0.492 e. The van der Waals surface area contributed by atoms with E-state index in [4.69, 9.17) is 4.74 Å². The second-order valence-corrected chi connectivity index (χ2v) is 8.14. The molecule has 178 valence electrons. The van der Waals surface area contributed by atoms with Crippen molar-refractivity contribution in [1.29, 1.82) is 0 Å². The minimum atomic E-state index is -0.490. The van der Waals surface area contributed by atoms with Gasteiger partial charge in [0.05, 0.1) is 12.8 Å². The SMILES string of the molecule is CN=C/C=C(\Cc1ccccc1)C(C)C(=O)/C(=C\N(C)c1ccc(N2CCC2=O)cc1F)OC. The highest BCUT2D eigenvalue weighted by Crippen LogP contribution is 2.28. The molecular weight excluding hydrogens is 433 g/mol. The first-order valence-electron chi connectivity index (χ1n) is 11.1. The van der Waals surface area contributed by atoms with Crippen molar-refractivity contribution in [3.05, 3.63) is 83.5 Å². The van der Waals surface area contributed by atoms with Gasteiger partial charge in [-0.25, -0.2) is 4.39 Å². The minimum Gasteiger partial charge on any atom is -0.492 e. The third kappa shape index (κ3) is 5.78. The van der Waals surface area contributed by atoms with E-state index in [0.717, 1.165) is 11.1 Å². The van der Waals surface area contributed by atoms with Crippen LogP contribution in [0.3, 0.4) is 0 Å². The summed E-state index contributed by atoms with van der Waals surface area (Å²) in [4.78, 5) is 32.0. The van der Waals surface area contributed by atoms with Crippen LogP contribution in [0, 0.1) is 11.7 Å². The molecule has 6 nitrogen and oxygen atoms in total. The van der Waals surface area contributed by atoms with E-state index in [1.807, 2.05) is 43.3 Å². The molecule has 0 spiro atoms. The van der Waals surface area contributed by atoms with Crippen molar-refractivity contribution in [2.45, 2.75) is 19.8 Å². The molecule has 2 aromatic carbocycles. The van der Waals surface area contributed by atoms with Crippen LogP contribution in [0.1, 0.15) is 18.9 Å². The number of halogens is 1. The first-order chi connectivity index (χ1) is 16.3. The van der Waals surface area contributed by atoms with Crippen LogP contribution < -0.4 is 9.80 Å². The maximum absolute atomic E-state index is 14.8. The van der Waals surface area contributed by atoms with Crippen molar-refractivity contribution in [3.63, 3.8) is 0 Å². The fraction of sp³-hybridized carbons (Fsp3) is 0.296. The summed E-state index contributed by atoms with van der Waals surface area (Å²) in [5, 5.41) is 0. The molecule has 0 radical (unpaired) electrons. The Labute approximate surface area is 200 Å². The summed E-state index contributed by atoms with van der Waals surface area (Å²) in [5.74, 6) is -1.08. The average molecular weight is 464 g/mol. The molecule has 34 heavy (non-hydrogen) atoms. The molecular formula is C27H30FN3O3. The van der Waals surface area contributed by atoms with E-state index < -0.39 is 11.7 Å². The van der Waals surface area contributed by atoms with Gasteiger partial charge in [-0.15, -0.1) is 0 Å². The van der Waals surface area contributed by atoms with E-state index in [1.54, 1.807) is 32.4 Å². The van der Waals surface area contributed by atoms with Crippen molar-refractivity contribution in [3.8, 4) is 0 Å². The fourth-order valence-electron chi connectivity index (χ4n) is 3.74. The van der Waals surface area contributed by atoms with Crippen LogP contribution in [0.25, 0.3) is 0 Å². The third-order valence-corrected chi connectivity index (χ3v) is 5.89. The number of nitrogens with zero attached hydrogens (tertiary/aromatic N) is 3. The van der Waals surface area contributed by atoms with Crippen LogP contribution in [0.4, 0.5) is 15.8 Å². The number of benzene rings is 2. The molecule has 0 saturated carbocycles. The van der Waals surface area contributed by atoms with Gasteiger partial charge in [-0.3, -0.25) is 14.6 Å². The lowest BCUT2D eigenvalue weighted by Crippen LogP contribution is -2.43. The second kappa shape index (κ2) is 11.4. The van der Waals surface area contributed by atoms with Gasteiger partial charge in [0.1, 0.15) is 5.82 Å². The van der Waals surface area contributed by atoms with Gasteiger partial charge in [0.25, 0.3) is 0 Å². The predicted octanol–water partition coefficient (Wildman–Crippen LogP) is 4.56. The Morgan fingerprint density at radius 3 is 2.56 bits per heavy atom. The second-order valence-electron chi connectivity index (χ2n) is 8.14. The van der Waals surface area contributed by atoms with Crippen molar-refractivity contribution in [1.82, 2.24) is 0 Å². The Morgan fingerprint density at radius 2 is 2.00 bits per heavy atom. The number of hydrogen-bond acceptors (Lipinski definition) is 5. The number of anilines is 2. The number of aliphatic imine (C=N–C) groups is 1. The Morgan fingerprint density at radius 1 is 1.26 bits per heavy atom. The third-order valence-electron chi connectivity index (χ3n) is 5.89. The van der Waals surface area contributed by atoms with Gasteiger partial charge >= 0.3 is 0 Å². The topological polar surface area (TPSA) is 62.2 Å². The highest BCUT2D eigenvalue weighted by molar-refractivity contribution is 5.99. The highest BCUT2D eigenvalue weighted by Gasteiger charge is 2.26. The number of methoxy groups -OCH3 is 1. The van der Waals surface area contributed by atoms with Crippen LogP contribution in [-0.2, 0) is 20.7 Å². The number of rotatable bonds is 10. The fourth-order valence-corrected chi connectivity index (χ4v) is 3.74. The van der Waals surface area contributed by atoms with E-state index in [2.05, 4.69) is 4.99 Å². The molecule has 3 rings (SSSR count). The molecule has 0 bridgehead atoms. The highest BCUT2D eigenvalue weighted by atomic mass is 19.1. The van der Waals surface area contributed by atoms with Crippen LogP contribution in [0.15, 0.2) is 77.1 Å². The molecule has 0 aliphatic carbocycles. The smallest absolute Gasteiger partial charge is 0.228 e. The van der Waals surface area contributed by atoms with Crippen molar-refractivity contribution < 1.29 is 18.7 Å². The van der Waals surface area contributed by atoms with Crippen LogP contribution in [0.2, 0.25) is 0 Å². The zero-order chi connectivity index (χ0) is 24.7. The number of carbonyl (C=O) groups excluding carboxylic acids is 2. The van der Waals surface area contributed by atoms with Crippen LogP contribution >= 0.6 is 0 Å². The lowest BCUT2D eigenvalue weighted by Gasteiger charge is -2.31. The standard InChI is InChI=1S/C27H30FN3O3/c1-19(21(12-14-29-2)16-20-8-6-5-7-9-20)27(33)25(34-4)18-30(3)24-11-10-22(17-23(24)28)31-15-13-26(31)32/h5-12,14,17-19H,13,15-16H2,1-4H3/b21-12+,25-18+,29-14?. The van der Waals surface area contributed by atoms with Crippen LogP contribution in [0.5, 0.6) is 0 Å². The molecule has 1 aliphatic rings. The zero-order valence-electron chi connectivity index (χ0n) is 20.0. The zero-order valence-corrected chi connectivity index (χ0v) is 20.0. The first-order valence-corrected chi connectivity index (χ1v) is 11.1. The van der Waals surface area contributed by atoms with Gasteiger partial charge in [0, 0.05) is 51.1 Å². The van der Waals surface area contributed by atoms with Crippen molar-refractivity contribution in [2.75, 3.05) is 37.5 Å². The number of β-lactam (4-membered cyclic amide) rings is 1. The van der Waals surface area contributed by atoms with Gasteiger partial charge in [-0.1, -0.05) is 42.8 Å². The average Bonchev–Trinajstić information content (AvgIpc) is 2.83. The summed E-state index contributed by atoms with van der Waals surface area (Å²) in [6.07, 6.45) is 6.08. The van der Waals surface area contributed by atoms with Crippen molar-refractivity contribution in [2.24, 2.45) is 10.9 Å². The van der Waals surface area contributed by atoms with Gasteiger partial charge in [0.15, 0.2) is 5.76 Å². The Hall–Kier alpha value is -3.74. The normalized spacial score (nSPS) is 15.3. The molecule has 1 amide bonds. The molecule has 0 N–H and O–H groups in total. The summed E-state index contributed by atoms with van der Waals surface area (Å²) in [5.41, 5.74) is 2.77. The number of carbonyl (C=O) groups is 2. The van der Waals surface area contributed by atoms with Gasteiger partial charge in [-0.2, -0.15) is 0 Å². The number of ether oxygens (including phenoxy) is 1. The molecule has 1 atom stereocenters.